The highest BCUT2D eigenvalue weighted by Crippen LogP contribution is 2.27. The number of unbranched alkanes of at least 4 members (excludes halogenated alkanes) is 5. The minimum Gasteiger partial charge on any atom is -0.240 e. The van der Waals surface area contributed by atoms with Crippen molar-refractivity contribution >= 4 is 20.0 Å². The van der Waals surface area contributed by atoms with Gasteiger partial charge in [0.2, 0.25) is 6.33 Å². The molecule has 0 radical (unpaired) electrons. The standard InChI is InChI=1S/C12H23N2.C2HF6NO4S2/c1-3-4-5-6-7-8-9-14-11-10-13(2)12-14;3-1(4,5)14(10,11)9-15(12,13)2(6,7)8/h10-12H,3-9H2,1-2H3;9H/q+1;. The maximum Gasteiger partial charge on any atom is 0.512 e. The average molecular weight is 476 g/mol. The Morgan fingerprint density at radius 2 is 1.31 bits per heavy atom. The van der Waals surface area contributed by atoms with Gasteiger partial charge in [0, 0.05) is 0 Å². The quantitative estimate of drug-likeness (QED) is 0.337. The van der Waals surface area contributed by atoms with Gasteiger partial charge in [0.15, 0.2) is 0 Å². The molecule has 0 bridgehead atoms. The van der Waals surface area contributed by atoms with Crippen LogP contribution in [0, 0.1) is 0 Å². The van der Waals surface area contributed by atoms with Gasteiger partial charge in [-0.05, 0) is 12.8 Å². The first kappa shape index (κ1) is 27.6. The number of aryl methyl sites for hydroxylation is 2. The van der Waals surface area contributed by atoms with Gasteiger partial charge in [-0.25, -0.2) is 26.0 Å². The molecular weight excluding hydrogens is 452 g/mol. The maximum atomic E-state index is 11.5. The zero-order valence-electron chi connectivity index (χ0n) is 15.8. The van der Waals surface area contributed by atoms with Gasteiger partial charge < -0.3 is 0 Å². The molecule has 0 saturated heterocycles. The van der Waals surface area contributed by atoms with Crippen molar-refractivity contribution < 1.29 is 47.7 Å². The molecule has 0 fully saturated rings. The molecule has 29 heavy (non-hydrogen) atoms. The number of halogens is 6. The summed E-state index contributed by atoms with van der Waals surface area (Å²) in [7, 11) is -11.1. The highest BCUT2D eigenvalue weighted by molar-refractivity contribution is 8.05. The van der Waals surface area contributed by atoms with Crippen molar-refractivity contribution in [3.63, 3.8) is 0 Å². The Labute approximate surface area is 165 Å². The Balaban J connectivity index is 0.000000541. The first-order chi connectivity index (χ1) is 13.0. The van der Waals surface area contributed by atoms with E-state index in [-0.39, 0.29) is 0 Å². The SMILES string of the molecule is CCCCCCCC[n+]1ccn(C)c1.O=S(=O)(NS(=O)(=O)C(F)(F)F)C(F)(F)F. The monoisotopic (exact) mass is 476 g/mol. The van der Waals surface area contributed by atoms with E-state index in [9.17, 15) is 43.2 Å². The topological polar surface area (TPSA) is 89.1 Å². The normalized spacial score (nSPS) is 13.1. The summed E-state index contributed by atoms with van der Waals surface area (Å²) < 4.78 is 113. The van der Waals surface area contributed by atoms with Gasteiger partial charge in [0.05, 0.1) is 13.6 Å². The molecule has 1 N–H and O–H groups in total. The maximum absolute atomic E-state index is 11.5. The average Bonchev–Trinajstić information content (AvgIpc) is 2.93. The van der Waals surface area contributed by atoms with Crippen LogP contribution in [0.5, 0.6) is 0 Å². The number of nitrogens with one attached hydrogen (secondary N) is 1. The van der Waals surface area contributed by atoms with Crippen molar-refractivity contribution in [2.75, 3.05) is 0 Å². The van der Waals surface area contributed by atoms with E-state index in [1.807, 2.05) is 0 Å². The molecule has 0 spiro atoms. The molecule has 1 heterocycles. The third kappa shape index (κ3) is 10.3. The Bertz CT molecular complexity index is 775. The zero-order chi connectivity index (χ0) is 22.9. The molecule has 0 aliphatic rings. The molecule has 1 aromatic heterocycles. The number of aromatic nitrogens is 2. The first-order valence-electron chi connectivity index (χ1n) is 8.45. The van der Waals surface area contributed by atoms with Gasteiger partial charge in [-0.3, -0.25) is 0 Å². The van der Waals surface area contributed by atoms with Crippen LogP contribution in [0.25, 0.3) is 0 Å². The van der Waals surface area contributed by atoms with Crippen LogP contribution in [-0.2, 0) is 33.6 Å². The number of sulfonamides is 2. The van der Waals surface area contributed by atoms with E-state index in [1.165, 1.54) is 45.1 Å². The predicted octanol–water partition coefficient (Wildman–Crippen LogP) is 2.95. The van der Waals surface area contributed by atoms with Crippen LogP contribution >= 0.6 is 0 Å². The molecule has 0 unspecified atom stereocenters. The molecule has 7 nitrogen and oxygen atoms in total. The smallest absolute Gasteiger partial charge is 0.240 e. The largest absolute Gasteiger partial charge is 0.512 e. The van der Waals surface area contributed by atoms with E-state index < -0.39 is 35.2 Å². The molecule has 0 atom stereocenters. The number of rotatable bonds is 9. The summed E-state index contributed by atoms with van der Waals surface area (Å²) in [5, 5.41) is 0. The van der Waals surface area contributed by atoms with Gasteiger partial charge in [0.1, 0.15) is 12.4 Å². The van der Waals surface area contributed by atoms with Crippen molar-refractivity contribution in [2.24, 2.45) is 7.05 Å². The number of alkyl halides is 6. The fraction of sp³-hybridized carbons (Fsp3) is 0.786. The summed E-state index contributed by atoms with van der Waals surface area (Å²) in [6.45, 7) is 3.44. The van der Waals surface area contributed by atoms with Gasteiger partial charge in [-0.1, -0.05) is 36.7 Å². The minimum absolute atomic E-state index is 0.493. The second-order valence-corrected chi connectivity index (χ2v) is 9.67. The van der Waals surface area contributed by atoms with Crippen LogP contribution in [0.4, 0.5) is 26.3 Å². The van der Waals surface area contributed by atoms with E-state index in [0.717, 1.165) is 0 Å². The van der Waals surface area contributed by atoms with E-state index in [1.54, 1.807) is 0 Å². The second-order valence-electron chi connectivity index (χ2n) is 6.07. The van der Waals surface area contributed by atoms with Crippen molar-refractivity contribution in [1.82, 2.24) is 8.69 Å². The second kappa shape index (κ2) is 11.2. The first-order valence-corrected chi connectivity index (χ1v) is 11.4. The molecule has 0 aromatic carbocycles. The number of hydrogen-bond acceptors (Lipinski definition) is 4. The van der Waals surface area contributed by atoms with Gasteiger partial charge >= 0.3 is 31.1 Å². The fourth-order valence-electron chi connectivity index (χ4n) is 1.95. The van der Waals surface area contributed by atoms with Crippen LogP contribution in [-0.4, -0.2) is 32.4 Å². The summed E-state index contributed by atoms with van der Waals surface area (Å²) in [5.74, 6) is 0. The zero-order valence-corrected chi connectivity index (χ0v) is 17.4. The molecular formula is C14H24F6N3O4S2+. The lowest BCUT2D eigenvalue weighted by molar-refractivity contribution is -0.696. The molecule has 0 saturated carbocycles. The van der Waals surface area contributed by atoms with Gasteiger partial charge in [-0.15, -0.1) is 0 Å². The Morgan fingerprint density at radius 3 is 1.69 bits per heavy atom. The highest BCUT2D eigenvalue weighted by atomic mass is 32.3. The van der Waals surface area contributed by atoms with Crippen LogP contribution < -0.4 is 8.69 Å². The predicted molar refractivity (Wildman–Crippen MR) is 92.1 cm³/mol. The Hall–Kier alpha value is -1.35. The third-order valence-electron chi connectivity index (χ3n) is 3.42. The molecule has 0 aliphatic carbocycles. The van der Waals surface area contributed by atoms with Crippen LogP contribution in [0.2, 0.25) is 0 Å². The summed E-state index contributed by atoms with van der Waals surface area (Å²) in [4.78, 5) is 0. The van der Waals surface area contributed by atoms with E-state index in [2.05, 4.69) is 41.8 Å². The highest BCUT2D eigenvalue weighted by Gasteiger charge is 2.55. The van der Waals surface area contributed by atoms with E-state index in [4.69, 9.17) is 0 Å². The lowest BCUT2D eigenvalue weighted by Gasteiger charge is -2.11. The van der Waals surface area contributed by atoms with Crippen molar-refractivity contribution in [2.45, 2.75) is 63.0 Å². The fourth-order valence-corrected chi connectivity index (χ4v) is 3.86. The third-order valence-corrected chi connectivity index (χ3v) is 6.40. The van der Waals surface area contributed by atoms with Crippen LogP contribution in [0.15, 0.2) is 18.7 Å². The molecule has 0 amide bonds. The van der Waals surface area contributed by atoms with Crippen LogP contribution in [0.3, 0.4) is 0 Å². The summed E-state index contributed by atoms with van der Waals surface area (Å²) in [6, 6.07) is 0. The lowest BCUT2D eigenvalue weighted by Crippen LogP contribution is -2.45. The van der Waals surface area contributed by atoms with E-state index >= 15 is 0 Å². The molecule has 15 heteroatoms. The number of nitrogens with zero attached hydrogens (tertiary/aromatic N) is 2. The lowest BCUT2D eigenvalue weighted by atomic mass is 10.1. The van der Waals surface area contributed by atoms with Crippen molar-refractivity contribution in [3.05, 3.63) is 18.7 Å². The van der Waals surface area contributed by atoms with Crippen molar-refractivity contribution in [3.8, 4) is 0 Å². The minimum atomic E-state index is -6.60. The molecule has 0 aliphatic heterocycles. The summed E-state index contributed by atoms with van der Waals surface area (Å²) in [5.41, 5.74) is -12.3. The summed E-state index contributed by atoms with van der Waals surface area (Å²) in [6.07, 6.45) is 14.6. The Morgan fingerprint density at radius 1 is 0.862 bits per heavy atom. The number of imidazole rings is 1. The molecule has 172 valence electrons. The van der Waals surface area contributed by atoms with Gasteiger partial charge in [-0.2, -0.15) is 26.3 Å². The van der Waals surface area contributed by atoms with E-state index in [0.29, 0.717) is 0 Å². The molecule has 1 aromatic rings. The van der Waals surface area contributed by atoms with Gasteiger partial charge in [0.25, 0.3) is 0 Å². The summed E-state index contributed by atoms with van der Waals surface area (Å²) >= 11 is 0. The van der Waals surface area contributed by atoms with Crippen molar-refractivity contribution in [1.29, 1.82) is 0 Å². The number of hydrogen-bond donors (Lipinski definition) is 1. The molecule has 1 rings (SSSR count). The van der Waals surface area contributed by atoms with Crippen LogP contribution in [0.1, 0.15) is 45.4 Å². The Kier molecular flexibility index (Phi) is 10.6.